The van der Waals surface area contributed by atoms with Gasteiger partial charge in [0.05, 0.1) is 22.7 Å². The molecule has 0 unspecified atom stereocenters. The van der Waals surface area contributed by atoms with Gasteiger partial charge in [-0.05, 0) is 18.1 Å². The molecule has 0 spiro atoms. The molecule has 1 aliphatic heterocycles. The molecule has 1 N–H and O–H groups in total. The highest BCUT2D eigenvalue weighted by atomic mass is 32.2. The minimum absolute atomic E-state index is 0.0134. The quantitative estimate of drug-likeness (QED) is 0.838. The van der Waals surface area contributed by atoms with E-state index in [1.165, 1.54) is 12.1 Å². The number of cyclic esters (lactones) is 1. The van der Waals surface area contributed by atoms with Gasteiger partial charge in [0.2, 0.25) is 10.0 Å². The molecule has 1 aromatic carbocycles. The number of hydrogen-bond donors (Lipinski definition) is 1. The van der Waals surface area contributed by atoms with Crippen LogP contribution in [0.3, 0.4) is 0 Å². The zero-order chi connectivity index (χ0) is 16.6. The van der Waals surface area contributed by atoms with Gasteiger partial charge in [-0.15, -0.1) is 0 Å². The fraction of sp³-hybridized carbons (Fsp3) is 0.333. The number of fused-ring (bicyclic) bond motifs is 1. The molecule has 1 aromatic heterocycles. The van der Waals surface area contributed by atoms with E-state index in [1.807, 2.05) is 13.8 Å². The molecular formula is C15H16N2O5S. The first kappa shape index (κ1) is 15.7. The molecule has 7 nitrogen and oxygen atoms in total. The Labute approximate surface area is 133 Å². The van der Waals surface area contributed by atoms with Crippen LogP contribution < -0.4 is 4.72 Å². The van der Waals surface area contributed by atoms with Crippen molar-refractivity contribution in [2.75, 3.05) is 0 Å². The van der Waals surface area contributed by atoms with E-state index in [1.54, 1.807) is 12.1 Å². The molecule has 0 bridgehead atoms. The van der Waals surface area contributed by atoms with E-state index in [0.29, 0.717) is 11.3 Å². The van der Waals surface area contributed by atoms with Crippen molar-refractivity contribution >= 4 is 16.0 Å². The number of nitrogens with zero attached hydrogens (tertiary/aromatic N) is 1. The van der Waals surface area contributed by atoms with E-state index >= 15 is 0 Å². The summed E-state index contributed by atoms with van der Waals surface area (Å²) in [5.74, 6) is 0.121. The summed E-state index contributed by atoms with van der Waals surface area (Å²) in [7, 11) is -3.79. The van der Waals surface area contributed by atoms with Gasteiger partial charge in [0.15, 0.2) is 5.76 Å². The third-order valence-corrected chi connectivity index (χ3v) is 5.08. The molecule has 23 heavy (non-hydrogen) atoms. The average Bonchev–Trinajstić information content (AvgIpc) is 3.13. The van der Waals surface area contributed by atoms with Crippen molar-refractivity contribution in [3.63, 3.8) is 0 Å². The molecular weight excluding hydrogens is 320 g/mol. The summed E-state index contributed by atoms with van der Waals surface area (Å²) in [6, 6.07) is 6.23. The Kier molecular flexibility index (Phi) is 3.95. The SMILES string of the molecule is CC(C)c1cc(CNS(=O)(=O)c2cccc3c2COC3=O)on1. The summed E-state index contributed by atoms with van der Waals surface area (Å²) in [6.45, 7) is 3.89. The number of hydrogen-bond acceptors (Lipinski definition) is 6. The molecule has 0 amide bonds. The Morgan fingerprint density at radius 3 is 2.83 bits per heavy atom. The second-order valence-electron chi connectivity index (χ2n) is 5.56. The van der Waals surface area contributed by atoms with E-state index in [-0.39, 0.29) is 29.5 Å². The number of ether oxygens (including phenoxy) is 1. The van der Waals surface area contributed by atoms with Crippen LogP contribution in [-0.2, 0) is 27.9 Å². The predicted octanol–water partition coefficient (Wildman–Crippen LogP) is 1.95. The lowest BCUT2D eigenvalue weighted by molar-refractivity contribution is 0.0534. The van der Waals surface area contributed by atoms with Crippen molar-refractivity contribution in [3.8, 4) is 0 Å². The lowest BCUT2D eigenvalue weighted by Gasteiger charge is -2.08. The smallest absolute Gasteiger partial charge is 0.338 e. The lowest BCUT2D eigenvalue weighted by Crippen LogP contribution is -2.24. The number of rotatable bonds is 5. The van der Waals surface area contributed by atoms with Crippen LogP contribution >= 0.6 is 0 Å². The van der Waals surface area contributed by atoms with Gasteiger partial charge in [0.25, 0.3) is 0 Å². The fourth-order valence-electron chi connectivity index (χ4n) is 2.30. The molecule has 8 heteroatoms. The Balaban J connectivity index is 1.81. The average molecular weight is 336 g/mol. The molecule has 0 fully saturated rings. The number of aromatic nitrogens is 1. The zero-order valence-electron chi connectivity index (χ0n) is 12.7. The first-order valence-electron chi connectivity index (χ1n) is 7.12. The van der Waals surface area contributed by atoms with Crippen LogP contribution in [0.15, 0.2) is 33.7 Å². The fourth-order valence-corrected chi connectivity index (χ4v) is 3.54. The first-order chi connectivity index (χ1) is 10.9. The minimum Gasteiger partial charge on any atom is -0.457 e. The van der Waals surface area contributed by atoms with Gasteiger partial charge in [-0.3, -0.25) is 0 Å². The lowest BCUT2D eigenvalue weighted by atomic mass is 10.1. The topological polar surface area (TPSA) is 98.5 Å². The molecule has 0 saturated carbocycles. The van der Waals surface area contributed by atoms with Crippen molar-refractivity contribution in [3.05, 3.63) is 46.8 Å². The summed E-state index contributed by atoms with van der Waals surface area (Å²) in [5, 5.41) is 3.88. The summed E-state index contributed by atoms with van der Waals surface area (Å²) < 4.78 is 37.4. The molecule has 0 radical (unpaired) electrons. The number of carbonyl (C=O) groups excluding carboxylic acids is 1. The van der Waals surface area contributed by atoms with Crippen molar-refractivity contribution in [2.24, 2.45) is 0 Å². The number of benzene rings is 1. The highest BCUT2D eigenvalue weighted by Gasteiger charge is 2.29. The van der Waals surface area contributed by atoms with Gasteiger partial charge in [-0.25, -0.2) is 17.9 Å². The van der Waals surface area contributed by atoms with Crippen molar-refractivity contribution < 1.29 is 22.5 Å². The number of esters is 1. The van der Waals surface area contributed by atoms with Crippen molar-refractivity contribution in [2.45, 2.75) is 37.8 Å². The molecule has 1 aliphatic rings. The third-order valence-electron chi connectivity index (χ3n) is 3.60. The van der Waals surface area contributed by atoms with E-state index < -0.39 is 16.0 Å². The van der Waals surface area contributed by atoms with Gasteiger partial charge in [0, 0.05) is 11.6 Å². The maximum absolute atomic E-state index is 12.5. The van der Waals surface area contributed by atoms with Crippen molar-refractivity contribution in [1.29, 1.82) is 0 Å². The van der Waals surface area contributed by atoms with Gasteiger partial charge < -0.3 is 9.26 Å². The molecule has 0 atom stereocenters. The standard InChI is InChI=1S/C15H16N2O5S/c1-9(2)13-6-10(22-17-13)7-16-23(19,20)14-5-3-4-11-12(14)8-21-15(11)18/h3-6,9,16H,7-8H2,1-2H3. The van der Waals surface area contributed by atoms with Crippen LogP contribution in [0.1, 0.15) is 47.1 Å². The second-order valence-corrected chi connectivity index (χ2v) is 7.29. The molecule has 2 heterocycles. The normalized spacial score (nSPS) is 14.1. The van der Waals surface area contributed by atoms with E-state index in [9.17, 15) is 13.2 Å². The number of carbonyl (C=O) groups is 1. The molecule has 122 valence electrons. The van der Waals surface area contributed by atoms with Crippen LogP contribution in [0.4, 0.5) is 0 Å². The van der Waals surface area contributed by atoms with E-state index in [0.717, 1.165) is 5.69 Å². The highest BCUT2D eigenvalue weighted by molar-refractivity contribution is 7.89. The van der Waals surface area contributed by atoms with Crippen LogP contribution in [-0.4, -0.2) is 19.5 Å². The second kappa shape index (κ2) is 5.78. The third kappa shape index (κ3) is 2.99. The summed E-state index contributed by atoms with van der Waals surface area (Å²) >= 11 is 0. The molecule has 2 aromatic rings. The number of sulfonamides is 1. The molecule has 0 aliphatic carbocycles. The Morgan fingerprint density at radius 2 is 2.13 bits per heavy atom. The summed E-state index contributed by atoms with van der Waals surface area (Å²) in [5.41, 5.74) is 1.43. The van der Waals surface area contributed by atoms with Gasteiger partial charge >= 0.3 is 5.97 Å². The van der Waals surface area contributed by atoms with Crippen LogP contribution in [0, 0.1) is 0 Å². The van der Waals surface area contributed by atoms with Crippen LogP contribution in [0.25, 0.3) is 0 Å². The van der Waals surface area contributed by atoms with Crippen LogP contribution in [0.2, 0.25) is 0 Å². The largest absolute Gasteiger partial charge is 0.457 e. The maximum Gasteiger partial charge on any atom is 0.338 e. The summed E-state index contributed by atoms with van der Waals surface area (Å²) in [4.78, 5) is 11.6. The highest BCUT2D eigenvalue weighted by Crippen LogP contribution is 2.26. The van der Waals surface area contributed by atoms with Crippen LogP contribution in [0.5, 0.6) is 0 Å². The zero-order valence-corrected chi connectivity index (χ0v) is 13.5. The summed E-state index contributed by atoms with van der Waals surface area (Å²) in [6.07, 6.45) is 0. The minimum atomic E-state index is -3.79. The monoisotopic (exact) mass is 336 g/mol. The van der Waals surface area contributed by atoms with Gasteiger partial charge in [0.1, 0.15) is 6.61 Å². The molecule has 3 rings (SSSR count). The van der Waals surface area contributed by atoms with Gasteiger partial charge in [-0.2, -0.15) is 0 Å². The van der Waals surface area contributed by atoms with Crippen molar-refractivity contribution in [1.82, 2.24) is 9.88 Å². The maximum atomic E-state index is 12.5. The number of nitrogens with one attached hydrogen (secondary N) is 1. The Hall–Kier alpha value is -2.19. The first-order valence-corrected chi connectivity index (χ1v) is 8.61. The van der Waals surface area contributed by atoms with Gasteiger partial charge in [-0.1, -0.05) is 25.1 Å². The predicted molar refractivity (Wildman–Crippen MR) is 80.2 cm³/mol. The Bertz CT molecular complexity index is 855. The van der Waals surface area contributed by atoms with E-state index in [2.05, 4.69) is 9.88 Å². The Morgan fingerprint density at radius 1 is 1.35 bits per heavy atom. The molecule has 0 saturated heterocycles. The van der Waals surface area contributed by atoms with E-state index in [4.69, 9.17) is 9.26 Å².